The van der Waals surface area contributed by atoms with Crippen molar-refractivity contribution in [3.63, 3.8) is 0 Å². The molecule has 0 amide bonds. The molecule has 2 N–H and O–H groups in total. The molecule has 0 fully saturated rings. The molecular weight excluding hydrogens is 178 g/mol. The lowest BCUT2D eigenvalue weighted by Crippen LogP contribution is -2.15. The average molecular weight is 197 g/mol. The van der Waals surface area contributed by atoms with Crippen molar-refractivity contribution >= 4 is 11.3 Å². The van der Waals surface area contributed by atoms with E-state index in [4.69, 9.17) is 5.73 Å². The second-order valence-corrected chi connectivity index (χ2v) is 4.65. The van der Waals surface area contributed by atoms with Crippen LogP contribution in [0.25, 0.3) is 0 Å². The van der Waals surface area contributed by atoms with Gasteiger partial charge in [0.05, 0.1) is 0 Å². The molecule has 0 saturated carbocycles. The van der Waals surface area contributed by atoms with Crippen molar-refractivity contribution in [3.05, 3.63) is 22.4 Å². The predicted octanol–water partition coefficient (Wildman–Crippen LogP) is 3.37. The number of hydrogen-bond donors (Lipinski definition) is 1. The van der Waals surface area contributed by atoms with Gasteiger partial charge in [0.1, 0.15) is 0 Å². The molecule has 0 spiro atoms. The van der Waals surface area contributed by atoms with E-state index in [1.54, 1.807) is 0 Å². The smallest absolute Gasteiger partial charge is 0.00760 e. The van der Waals surface area contributed by atoms with Crippen molar-refractivity contribution < 1.29 is 0 Å². The topological polar surface area (TPSA) is 26.0 Å². The molecule has 74 valence electrons. The van der Waals surface area contributed by atoms with Crippen molar-refractivity contribution in [1.29, 1.82) is 0 Å². The predicted molar refractivity (Wildman–Crippen MR) is 60.2 cm³/mol. The maximum absolute atomic E-state index is 5.75. The lowest BCUT2D eigenvalue weighted by molar-refractivity contribution is 0.538. The summed E-state index contributed by atoms with van der Waals surface area (Å²) in [5, 5.41) is 2.16. The number of nitrogens with two attached hydrogens (primary N) is 1. The fourth-order valence-electron chi connectivity index (χ4n) is 1.54. The van der Waals surface area contributed by atoms with Gasteiger partial charge in [-0.3, -0.25) is 0 Å². The van der Waals surface area contributed by atoms with Crippen molar-refractivity contribution in [2.45, 2.75) is 45.1 Å². The highest BCUT2D eigenvalue weighted by Crippen LogP contribution is 2.28. The summed E-state index contributed by atoms with van der Waals surface area (Å²) in [6.45, 7) is 4.34. The van der Waals surface area contributed by atoms with E-state index in [1.807, 2.05) is 11.3 Å². The van der Waals surface area contributed by atoms with Gasteiger partial charge in [-0.25, -0.2) is 0 Å². The van der Waals surface area contributed by atoms with Crippen molar-refractivity contribution in [1.82, 2.24) is 0 Å². The Labute approximate surface area is 85.0 Å². The minimum Gasteiger partial charge on any atom is -0.328 e. The number of rotatable bonds is 5. The van der Waals surface area contributed by atoms with E-state index in [-0.39, 0.29) is 0 Å². The van der Waals surface area contributed by atoms with Crippen LogP contribution in [0.3, 0.4) is 0 Å². The van der Waals surface area contributed by atoms with Crippen LogP contribution in [0, 0.1) is 0 Å². The lowest BCUT2D eigenvalue weighted by Gasteiger charge is -2.14. The van der Waals surface area contributed by atoms with Gasteiger partial charge >= 0.3 is 0 Å². The molecule has 1 rings (SSSR count). The SMILES string of the molecule is CCC(CCC(C)N)c1cccs1. The van der Waals surface area contributed by atoms with E-state index in [2.05, 4.69) is 31.4 Å². The molecular formula is C11H19NS. The maximum atomic E-state index is 5.75. The van der Waals surface area contributed by atoms with Crippen LogP contribution >= 0.6 is 11.3 Å². The van der Waals surface area contributed by atoms with Gasteiger partial charge in [0.15, 0.2) is 0 Å². The zero-order chi connectivity index (χ0) is 9.68. The van der Waals surface area contributed by atoms with E-state index < -0.39 is 0 Å². The first kappa shape index (κ1) is 10.7. The quantitative estimate of drug-likeness (QED) is 0.769. The van der Waals surface area contributed by atoms with Gasteiger partial charge in [0.25, 0.3) is 0 Å². The Kier molecular flexibility index (Phi) is 4.46. The first-order valence-corrected chi connectivity index (χ1v) is 5.91. The molecule has 0 aliphatic heterocycles. The van der Waals surface area contributed by atoms with Crippen LogP contribution in [0.1, 0.15) is 43.9 Å². The zero-order valence-corrected chi connectivity index (χ0v) is 9.31. The molecule has 1 nitrogen and oxygen atoms in total. The average Bonchev–Trinajstić information content (AvgIpc) is 2.58. The third-order valence-electron chi connectivity index (χ3n) is 2.41. The van der Waals surface area contributed by atoms with Gasteiger partial charge in [-0.1, -0.05) is 13.0 Å². The molecule has 13 heavy (non-hydrogen) atoms. The van der Waals surface area contributed by atoms with Crippen LogP contribution in [-0.2, 0) is 0 Å². The molecule has 0 saturated heterocycles. The summed E-state index contributed by atoms with van der Waals surface area (Å²) >= 11 is 1.87. The molecule has 1 heterocycles. The molecule has 0 radical (unpaired) electrons. The van der Waals surface area contributed by atoms with Gasteiger partial charge in [-0.05, 0) is 43.6 Å². The highest BCUT2D eigenvalue weighted by molar-refractivity contribution is 7.10. The Morgan fingerprint density at radius 2 is 2.23 bits per heavy atom. The van der Waals surface area contributed by atoms with E-state index >= 15 is 0 Å². The highest BCUT2D eigenvalue weighted by Gasteiger charge is 2.10. The van der Waals surface area contributed by atoms with Gasteiger partial charge in [-0.2, -0.15) is 0 Å². The zero-order valence-electron chi connectivity index (χ0n) is 8.49. The summed E-state index contributed by atoms with van der Waals surface area (Å²) < 4.78 is 0. The molecule has 1 aromatic heterocycles. The van der Waals surface area contributed by atoms with E-state index in [1.165, 1.54) is 17.7 Å². The lowest BCUT2D eigenvalue weighted by atomic mass is 9.96. The van der Waals surface area contributed by atoms with Gasteiger partial charge in [-0.15, -0.1) is 11.3 Å². The van der Waals surface area contributed by atoms with Crippen molar-refractivity contribution in [2.24, 2.45) is 5.73 Å². The van der Waals surface area contributed by atoms with Gasteiger partial charge in [0.2, 0.25) is 0 Å². The molecule has 1 aromatic rings. The first-order chi connectivity index (χ1) is 6.24. The summed E-state index contributed by atoms with van der Waals surface area (Å²) in [4.78, 5) is 1.52. The van der Waals surface area contributed by atoms with Crippen molar-refractivity contribution in [2.75, 3.05) is 0 Å². The highest BCUT2D eigenvalue weighted by atomic mass is 32.1. The van der Waals surface area contributed by atoms with Crippen LogP contribution in [0.2, 0.25) is 0 Å². The molecule has 0 aromatic carbocycles. The van der Waals surface area contributed by atoms with Gasteiger partial charge in [0, 0.05) is 10.9 Å². The molecule has 0 aliphatic carbocycles. The third kappa shape index (κ3) is 3.49. The maximum Gasteiger partial charge on any atom is 0.00760 e. The fraction of sp³-hybridized carbons (Fsp3) is 0.636. The Balaban J connectivity index is 2.44. The minimum absolute atomic E-state index is 0.342. The van der Waals surface area contributed by atoms with Crippen LogP contribution in [0.4, 0.5) is 0 Å². The summed E-state index contributed by atoms with van der Waals surface area (Å²) in [6, 6.07) is 4.71. The summed E-state index contributed by atoms with van der Waals surface area (Å²) in [6.07, 6.45) is 3.60. The standard InChI is InChI=1S/C11H19NS/c1-3-10(7-6-9(2)12)11-5-4-8-13-11/h4-5,8-10H,3,6-7,12H2,1-2H3. The largest absolute Gasteiger partial charge is 0.328 e. The van der Waals surface area contributed by atoms with E-state index in [0.29, 0.717) is 6.04 Å². The summed E-state index contributed by atoms with van der Waals surface area (Å²) in [5.74, 6) is 0.728. The summed E-state index contributed by atoms with van der Waals surface area (Å²) in [5.41, 5.74) is 5.75. The van der Waals surface area contributed by atoms with Crippen LogP contribution in [-0.4, -0.2) is 6.04 Å². The first-order valence-electron chi connectivity index (χ1n) is 5.03. The summed E-state index contributed by atoms with van der Waals surface area (Å²) in [7, 11) is 0. The van der Waals surface area contributed by atoms with Gasteiger partial charge < -0.3 is 5.73 Å². The fourth-order valence-corrected chi connectivity index (χ4v) is 2.48. The van der Waals surface area contributed by atoms with Crippen LogP contribution in [0.5, 0.6) is 0 Å². The Morgan fingerprint density at radius 3 is 2.69 bits per heavy atom. The number of thiophene rings is 1. The van der Waals surface area contributed by atoms with Crippen LogP contribution < -0.4 is 5.73 Å². The normalized spacial score (nSPS) is 15.6. The molecule has 2 atom stereocenters. The monoisotopic (exact) mass is 197 g/mol. The van der Waals surface area contributed by atoms with E-state index in [0.717, 1.165) is 12.3 Å². The molecule has 2 unspecified atom stereocenters. The molecule has 0 bridgehead atoms. The van der Waals surface area contributed by atoms with Crippen LogP contribution in [0.15, 0.2) is 17.5 Å². The van der Waals surface area contributed by atoms with Crippen molar-refractivity contribution in [3.8, 4) is 0 Å². The second-order valence-electron chi connectivity index (χ2n) is 3.68. The Hall–Kier alpha value is -0.340. The second kappa shape index (κ2) is 5.40. The molecule has 0 aliphatic rings. The third-order valence-corrected chi connectivity index (χ3v) is 3.44. The molecule has 2 heteroatoms. The Morgan fingerprint density at radius 1 is 1.46 bits per heavy atom. The Bertz CT molecular complexity index is 216. The number of hydrogen-bond acceptors (Lipinski definition) is 2. The minimum atomic E-state index is 0.342. The van der Waals surface area contributed by atoms with E-state index in [9.17, 15) is 0 Å².